The molecule has 10 heteroatoms. The number of allylic oxidation sites excluding steroid dienone is 2. The van der Waals surface area contributed by atoms with Gasteiger partial charge in [0, 0.05) is 0 Å². The molecule has 0 fully saturated rings. The standard InChI is InChI=1S/C23H16N4O6/c28-20-16(18(22(30)31)24-26(20)14-8-3-1-4-9-14)12-7-13-17-19(23(32)33)25-27(21(17)29)15-10-5-2-6-11-15/h1-13,28H,(H,30,31)(H,32,33)/b12-7+,17-13+. The summed E-state index contributed by atoms with van der Waals surface area (Å²) in [5, 5.41) is 38.3. The molecule has 3 aromatic rings. The number of rotatable bonds is 6. The van der Waals surface area contributed by atoms with Gasteiger partial charge in [0.2, 0.25) is 5.88 Å². The van der Waals surface area contributed by atoms with E-state index < -0.39 is 35.1 Å². The number of nitrogens with zero attached hydrogens (tertiary/aromatic N) is 4. The second kappa shape index (κ2) is 8.63. The molecule has 33 heavy (non-hydrogen) atoms. The molecule has 2 aromatic carbocycles. The number of hydrazone groups is 1. The Hall–Kier alpha value is -4.99. The Morgan fingerprint density at radius 1 is 0.879 bits per heavy atom. The summed E-state index contributed by atoms with van der Waals surface area (Å²) in [5.74, 6) is -3.85. The molecule has 1 aliphatic rings. The van der Waals surface area contributed by atoms with Gasteiger partial charge in [-0.3, -0.25) is 4.79 Å². The third kappa shape index (κ3) is 4.00. The molecule has 0 bridgehead atoms. The minimum absolute atomic E-state index is 0.109. The number of para-hydroxylation sites is 2. The average molecular weight is 444 g/mol. The molecule has 164 valence electrons. The van der Waals surface area contributed by atoms with Crippen molar-refractivity contribution in [3.63, 3.8) is 0 Å². The number of anilines is 1. The van der Waals surface area contributed by atoms with Gasteiger partial charge >= 0.3 is 11.9 Å². The summed E-state index contributed by atoms with van der Waals surface area (Å²) in [6.45, 7) is 0. The van der Waals surface area contributed by atoms with E-state index in [1.807, 2.05) is 0 Å². The number of carboxylic acids is 2. The van der Waals surface area contributed by atoms with Crippen molar-refractivity contribution >= 4 is 35.3 Å². The van der Waals surface area contributed by atoms with E-state index in [0.29, 0.717) is 11.4 Å². The third-order valence-corrected chi connectivity index (χ3v) is 4.71. The normalized spacial score (nSPS) is 14.8. The SMILES string of the molecule is O=C(O)C1=NN(c2ccccc2)C(=O)/C1=C/C=C/c1c(C(=O)O)nn(-c2ccccc2)c1O. The smallest absolute Gasteiger partial charge is 0.357 e. The zero-order valence-corrected chi connectivity index (χ0v) is 16.9. The van der Waals surface area contributed by atoms with Crippen LogP contribution in [-0.2, 0) is 9.59 Å². The van der Waals surface area contributed by atoms with Gasteiger partial charge in [0.05, 0.1) is 22.5 Å². The number of aromatic hydroxyl groups is 1. The maximum Gasteiger partial charge on any atom is 0.357 e. The summed E-state index contributed by atoms with van der Waals surface area (Å²) in [5.41, 5.74) is -0.349. The fraction of sp³-hybridized carbons (Fsp3) is 0. The van der Waals surface area contributed by atoms with Crippen LogP contribution >= 0.6 is 0 Å². The number of carboxylic acid groups (broad SMARTS) is 2. The van der Waals surface area contributed by atoms with Crippen molar-refractivity contribution in [1.82, 2.24) is 9.78 Å². The second-order valence-corrected chi connectivity index (χ2v) is 6.78. The Balaban J connectivity index is 1.71. The molecule has 10 nitrogen and oxygen atoms in total. The third-order valence-electron chi connectivity index (χ3n) is 4.71. The zero-order chi connectivity index (χ0) is 23.5. The molecule has 0 spiro atoms. The highest BCUT2D eigenvalue weighted by Gasteiger charge is 2.34. The van der Waals surface area contributed by atoms with E-state index in [1.165, 1.54) is 18.2 Å². The Bertz CT molecular complexity index is 1340. The molecule has 1 aromatic heterocycles. The van der Waals surface area contributed by atoms with Crippen LogP contribution in [0.2, 0.25) is 0 Å². The van der Waals surface area contributed by atoms with Gasteiger partial charge in [0.1, 0.15) is 0 Å². The van der Waals surface area contributed by atoms with Crippen molar-refractivity contribution in [1.29, 1.82) is 0 Å². The van der Waals surface area contributed by atoms with E-state index in [4.69, 9.17) is 0 Å². The van der Waals surface area contributed by atoms with Crippen LogP contribution in [0.5, 0.6) is 5.88 Å². The second-order valence-electron chi connectivity index (χ2n) is 6.78. The van der Waals surface area contributed by atoms with Crippen LogP contribution in [0.15, 0.2) is 83.5 Å². The summed E-state index contributed by atoms with van der Waals surface area (Å²) in [6, 6.07) is 16.8. The van der Waals surface area contributed by atoms with Crippen LogP contribution in [0.25, 0.3) is 11.8 Å². The molecular formula is C23H16N4O6. The summed E-state index contributed by atoms with van der Waals surface area (Å²) in [4.78, 5) is 36.0. The highest BCUT2D eigenvalue weighted by molar-refractivity contribution is 6.52. The van der Waals surface area contributed by atoms with Crippen LogP contribution in [0.3, 0.4) is 0 Å². The molecule has 0 saturated heterocycles. The van der Waals surface area contributed by atoms with Gasteiger partial charge < -0.3 is 15.3 Å². The van der Waals surface area contributed by atoms with Gasteiger partial charge in [0.25, 0.3) is 5.91 Å². The minimum Gasteiger partial charge on any atom is -0.493 e. The lowest BCUT2D eigenvalue weighted by molar-refractivity contribution is -0.129. The van der Waals surface area contributed by atoms with Crippen molar-refractivity contribution in [3.05, 3.63) is 89.6 Å². The fourth-order valence-corrected chi connectivity index (χ4v) is 3.19. The van der Waals surface area contributed by atoms with Gasteiger partial charge in [-0.1, -0.05) is 42.5 Å². The molecule has 0 aliphatic carbocycles. The van der Waals surface area contributed by atoms with Crippen molar-refractivity contribution < 1.29 is 29.7 Å². The monoisotopic (exact) mass is 444 g/mol. The van der Waals surface area contributed by atoms with Crippen LogP contribution in [-0.4, -0.2) is 48.7 Å². The number of benzene rings is 2. The molecule has 1 aliphatic heterocycles. The van der Waals surface area contributed by atoms with Gasteiger partial charge in [-0.25, -0.2) is 9.59 Å². The predicted molar refractivity (Wildman–Crippen MR) is 118 cm³/mol. The first-order valence-corrected chi connectivity index (χ1v) is 9.59. The summed E-state index contributed by atoms with van der Waals surface area (Å²) >= 11 is 0. The number of amides is 1. The van der Waals surface area contributed by atoms with Crippen LogP contribution in [0.1, 0.15) is 16.1 Å². The molecule has 0 unspecified atom stereocenters. The van der Waals surface area contributed by atoms with Gasteiger partial charge in [-0.2, -0.15) is 19.9 Å². The lowest BCUT2D eigenvalue weighted by Gasteiger charge is -2.10. The van der Waals surface area contributed by atoms with E-state index in [0.717, 1.165) is 9.69 Å². The molecule has 1 amide bonds. The van der Waals surface area contributed by atoms with Crippen molar-refractivity contribution in [2.75, 3.05) is 5.01 Å². The van der Waals surface area contributed by atoms with E-state index in [1.54, 1.807) is 60.7 Å². The van der Waals surface area contributed by atoms with Gasteiger partial charge in [-0.15, -0.1) is 0 Å². The Labute approximate surface area is 186 Å². The zero-order valence-electron chi connectivity index (χ0n) is 16.9. The number of aliphatic carboxylic acids is 1. The summed E-state index contributed by atoms with van der Waals surface area (Å²) < 4.78 is 1.07. The first-order valence-electron chi connectivity index (χ1n) is 9.59. The van der Waals surface area contributed by atoms with E-state index in [-0.39, 0.29) is 11.1 Å². The topological polar surface area (TPSA) is 145 Å². The van der Waals surface area contributed by atoms with Crippen LogP contribution in [0.4, 0.5) is 5.69 Å². The van der Waals surface area contributed by atoms with E-state index in [9.17, 15) is 29.7 Å². The summed E-state index contributed by atoms with van der Waals surface area (Å²) in [6.07, 6.45) is 3.69. The van der Waals surface area contributed by atoms with Crippen LogP contribution in [0, 0.1) is 0 Å². The molecule has 0 atom stereocenters. The minimum atomic E-state index is -1.40. The number of hydrogen-bond acceptors (Lipinski definition) is 6. The lowest BCUT2D eigenvalue weighted by atomic mass is 10.1. The molecule has 2 heterocycles. The number of aromatic nitrogens is 2. The molecule has 0 saturated carbocycles. The number of aromatic carboxylic acids is 1. The lowest BCUT2D eigenvalue weighted by Crippen LogP contribution is -2.22. The highest BCUT2D eigenvalue weighted by Crippen LogP contribution is 2.27. The number of carbonyl (C=O) groups excluding carboxylic acids is 1. The highest BCUT2D eigenvalue weighted by atomic mass is 16.4. The Morgan fingerprint density at radius 3 is 2.06 bits per heavy atom. The fourth-order valence-electron chi connectivity index (χ4n) is 3.19. The first-order chi connectivity index (χ1) is 15.9. The van der Waals surface area contributed by atoms with Gasteiger partial charge in [0.15, 0.2) is 11.4 Å². The van der Waals surface area contributed by atoms with Gasteiger partial charge in [-0.05, 0) is 36.4 Å². The van der Waals surface area contributed by atoms with E-state index in [2.05, 4.69) is 10.2 Å². The Kier molecular flexibility index (Phi) is 5.56. The van der Waals surface area contributed by atoms with Crippen molar-refractivity contribution in [2.24, 2.45) is 5.10 Å². The first kappa shape index (κ1) is 21.2. The maximum absolute atomic E-state index is 12.8. The van der Waals surface area contributed by atoms with Crippen molar-refractivity contribution in [2.45, 2.75) is 0 Å². The summed E-state index contributed by atoms with van der Waals surface area (Å²) in [7, 11) is 0. The van der Waals surface area contributed by atoms with Crippen molar-refractivity contribution in [3.8, 4) is 11.6 Å². The molecule has 3 N–H and O–H groups in total. The number of hydrogen-bond donors (Lipinski definition) is 3. The predicted octanol–water partition coefficient (Wildman–Crippen LogP) is 2.70. The Morgan fingerprint density at radius 2 is 1.48 bits per heavy atom. The molecule has 0 radical (unpaired) electrons. The van der Waals surface area contributed by atoms with Crippen LogP contribution < -0.4 is 5.01 Å². The quantitative estimate of drug-likeness (QED) is 0.496. The maximum atomic E-state index is 12.8. The molecular weight excluding hydrogens is 428 g/mol. The molecule has 4 rings (SSSR count). The van der Waals surface area contributed by atoms with E-state index >= 15 is 0 Å². The number of carbonyl (C=O) groups is 3. The average Bonchev–Trinajstić information content (AvgIpc) is 3.32. The largest absolute Gasteiger partial charge is 0.493 e.